The van der Waals surface area contributed by atoms with Gasteiger partial charge in [-0.25, -0.2) is 4.98 Å². The molecule has 0 saturated heterocycles. The van der Waals surface area contributed by atoms with E-state index in [-0.39, 0.29) is 5.92 Å². The maximum absolute atomic E-state index is 12.7. The summed E-state index contributed by atoms with van der Waals surface area (Å²) in [6.45, 7) is 3.84. The van der Waals surface area contributed by atoms with Gasteiger partial charge in [-0.05, 0) is 36.4 Å². The van der Waals surface area contributed by atoms with Crippen molar-refractivity contribution in [3.63, 3.8) is 0 Å². The molecule has 160 valence electrons. The fraction of sp³-hybridized carbons (Fsp3) is 0.391. The molecule has 1 aromatic carbocycles. The number of rotatable bonds is 9. The summed E-state index contributed by atoms with van der Waals surface area (Å²) in [6, 6.07) is 11.4. The number of aromatic amines is 1. The van der Waals surface area contributed by atoms with Crippen LogP contribution in [0.15, 0.2) is 48.0 Å². The molecule has 0 aliphatic rings. The van der Waals surface area contributed by atoms with Crippen LogP contribution in [-0.4, -0.2) is 28.2 Å². The van der Waals surface area contributed by atoms with Gasteiger partial charge in [0.05, 0.1) is 19.0 Å². The van der Waals surface area contributed by atoms with Crippen LogP contribution in [0.25, 0.3) is 0 Å². The van der Waals surface area contributed by atoms with E-state index in [2.05, 4.69) is 16.9 Å². The van der Waals surface area contributed by atoms with Crippen molar-refractivity contribution >= 4 is 28.9 Å². The molecular formula is C23H27ClN2O3S. The van der Waals surface area contributed by atoms with Crippen LogP contribution in [0.2, 0.25) is 5.02 Å². The summed E-state index contributed by atoms with van der Waals surface area (Å²) in [6.07, 6.45) is 3.41. The highest BCUT2D eigenvalue weighted by Gasteiger charge is 2.46. The number of H-pyrrole nitrogens is 1. The number of aliphatic hydroxyl groups is 1. The van der Waals surface area contributed by atoms with Crippen molar-refractivity contribution in [3.8, 4) is 0 Å². The number of hydrogen-bond acceptors (Lipinski definition) is 5. The van der Waals surface area contributed by atoms with Crippen LogP contribution in [-0.2, 0) is 14.9 Å². The number of nitrogens with zero attached hydrogens (tertiary/aromatic N) is 1. The SMILES string of the molecule is CCCCC(c1ncc(C(O)C(C)(C(=O)OC)c2cccs2)[nH]1)c1ccccc1Cl. The molecule has 0 aliphatic carbocycles. The van der Waals surface area contributed by atoms with Crippen molar-refractivity contribution in [2.24, 2.45) is 0 Å². The van der Waals surface area contributed by atoms with E-state index in [0.717, 1.165) is 35.5 Å². The molecule has 30 heavy (non-hydrogen) atoms. The average Bonchev–Trinajstić information content (AvgIpc) is 3.46. The molecule has 0 spiro atoms. The highest BCUT2D eigenvalue weighted by molar-refractivity contribution is 7.10. The fourth-order valence-corrected chi connectivity index (χ4v) is 4.89. The molecule has 0 saturated carbocycles. The number of aromatic nitrogens is 2. The summed E-state index contributed by atoms with van der Waals surface area (Å²) in [5, 5.41) is 13.8. The van der Waals surface area contributed by atoms with Crippen molar-refractivity contribution in [2.75, 3.05) is 7.11 Å². The number of unbranched alkanes of at least 4 members (excludes halogenated alkanes) is 1. The molecule has 0 aliphatic heterocycles. The van der Waals surface area contributed by atoms with Gasteiger partial charge in [-0.15, -0.1) is 11.3 Å². The zero-order valence-electron chi connectivity index (χ0n) is 17.4. The first-order valence-electron chi connectivity index (χ1n) is 10.0. The Bertz CT molecular complexity index is 973. The second-order valence-corrected chi connectivity index (χ2v) is 8.87. The predicted octanol–water partition coefficient (Wildman–Crippen LogP) is 5.61. The Morgan fingerprint density at radius 2 is 2.10 bits per heavy atom. The summed E-state index contributed by atoms with van der Waals surface area (Å²) in [7, 11) is 1.33. The summed E-state index contributed by atoms with van der Waals surface area (Å²) in [5.74, 6) is 0.206. The van der Waals surface area contributed by atoms with Gasteiger partial charge in [0, 0.05) is 15.8 Å². The second kappa shape index (κ2) is 9.77. The van der Waals surface area contributed by atoms with Crippen LogP contribution >= 0.6 is 22.9 Å². The largest absolute Gasteiger partial charge is 0.468 e. The number of imidazole rings is 1. The maximum Gasteiger partial charge on any atom is 0.319 e. The number of carbonyl (C=O) groups excluding carboxylic acids is 1. The summed E-state index contributed by atoms with van der Waals surface area (Å²) in [4.78, 5) is 21.2. The number of nitrogens with one attached hydrogen (secondary N) is 1. The molecule has 0 bridgehead atoms. The second-order valence-electron chi connectivity index (χ2n) is 7.51. The van der Waals surface area contributed by atoms with Crippen LogP contribution < -0.4 is 0 Å². The first-order valence-corrected chi connectivity index (χ1v) is 11.3. The smallest absolute Gasteiger partial charge is 0.319 e. The van der Waals surface area contributed by atoms with Gasteiger partial charge in [0.2, 0.25) is 0 Å². The van der Waals surface area contributed by atoms with Gasteiger partial charge in [-0.3, -0.25) is 4.79 Å². The van der Waals surface area contributed by atoms with Gasteiger partial charge in [-0.1, -0.05) is 55.6 Å². The monoisotopic (exact) mass is 446 g/mol. The van der Waals surface area contributed by atoms with Crippen molar-refractivity contribution in [2.45, 2.75) is 50.5 Å². The van der Waals surface area contributed by atoms with E-state index in [1.165, 1.54) is 18.4 Å². The van der Waals surface area contributed by atoms with Gasteiger partial charge in [0.1, 0.15) is 17.3 Å². The molecule has 0 fully saturated rings. The van der Waals surface area contributed by atoms with Crippen molar-refractivity contribution < 1.29 is 14.6 Å². The first kappa shape index (κ1) is 22.5. The number of thiophene rings is 1. The molecule has 2 N–H and O–H groups in total. The molecule has 2 heterocycles. The molecule has 3 rings (SSSR count). The lowest BCUT2D eigenvalue weighted by Crippen LogP contribution is -2.39. The Labute approximate surface area is 186 Å². The molecule has 7 heteroatoms. The molecule has 5 nitrogen and oxygen atoms in total. The Hall–Kier alpha value is -2.15. The molecule has 0 amide bonds. The lowest BCUT2D eigenvalue weighted by Gasteiger charge is -2.30. The zero-order chi connectivity index (χ0) is 21.7. The number of benzene rings is 1. The third-order valence-corrected chi connectivity index (χ3v) is 7.01. The highest BCUT2D eigenvalue weighted by Crippen LogP contribution is 2.41. The van der Waals surface area contributed by atoms with Crippen molar-refractivity contribution in [3.05, 3.63) is 75.0 Å². The van der Waals surface area contributed by atoms with Crippen molar-refractivity contribution in [1.29, 1.82) is 0 Å². The minimum Gasteiger partial charge on any atom is -0.468 e. The lowest BCUT2D eigenvalue weighted by atomic mass is 9.81. The van der Waals surface area contributed by atoms with Crippen LogP contribution in [0.3, 0.4) is 0 Å². The number of halogens is 1. The standard InChI is InChI=1S/C23H27ClN2O3S/c1-4-5-9-16(15-10-6-7-11-17(15)24)21-25-14-18(26-21)20(27)23(2,22(28)29-3)19-12-8-13-30-19/h6-8,10-14,16,20,27H,4-5,9H2,1-3H3,(H,25,26). The van der Waals surface area contributed by atoms with Gasteiger partial charge in [0.15, 0.2) is 0 Å². The number of hydrogen-bond donors (Lipinski definition) is 2. The Morgan fingerprint density at radius 3 is 2.73 bits per heavy atom. The summed E-state index contributed by atoms with van der Waals surface area (Å²) >= 11 is 7.87. The minimum atomic E-state index is -1.24. The first-order chi connectivity index (χ1) is 14.4. The normalized spacial score (nSPS) is 15.4. The van der Waals surface area contributed by atoms with E-state index >= 15 is 0 Å². The van der Waals surface area contributed by atoms with E-state index < -0.39 is 17.5 Å². The van der Waals surface area contributed by atoms with E-state index in [1.54, 1.807) is 13.1 Å². The quantitative estimate of drug-likeness (QED) is 0.419. The number of methoxy groups -OCH3 is 1. The molecular weight excluding hydrogens is 420 g/mol. The van der Waals surface area contributed by atoms with Gasteiger partial charge in [-0.2, -0.15) is 0 Å². The van der Waals surface area contributed by atoms with Crippen molar-refractivity contribution in [1.82, 2.24) is 9.97 Å². The molecule has 0 radical (unpaired) electrons. The Balaban J connectivity index is 1.98. The van der Waals surface area contributed by atoms with Crippen LogP contribution in [0.4, 0.5) is 0 Å². The lowest BCUT2D eigenvalue weighted by molar-refractivity contribution is -0.151. The topological polar surface area (TPSA) is 75.2 Å². The maximum atomic E-state index is 12.7. The third kappa shape index (κ3) is 4.31. The van der Waals surface area contributed by atoms with E-state index in [4.69, 9.17) is 16.3 Å². The third-order valence-electron chi connectivity index (χ3n) is 5.56. The number of esters is 1. The molecule has 2 aromatic heterocycles. The van der Waals surface area contributed by atoms with E-state index in [0.29, 0.717) is 10.7 Å². The molecule has 3 atom stereocenters. The summed E-state index contributed by atoms with van der Waals surface area (Å²) < 4.78 is 5.03. The van der Waals surface area contributed by atoms with Crippen LogP contribution in [0, 0.1) is 0 Å². The Morgan fingerprint density at radius 1 is 1.33 bits per heavy atom. The average molecular weight is 447 g/mol. The molecule has 3 unspecified atom stereocenters. The Kier molecular flexibility index (Phi) is 7.34. The van der Waals surface area contributed by atoms with Gasteiger partial charge in [0.25, 0.3) is 0 Å². The number of carbonyl (C=O) groups is 1. The highest BCUT2D eigenvalue weighted by atomic mass is 35.5. The minimum absolute atomic E-state index is 0.0225. The summed E-state index contributed by atoms with van der Waals surface area (Å²) in [5.41, 5.74) is 0.229. The van der Waals surface area contributed by atoms with Crippen LogP contribution in [0.5, 0.6) is 0 Å². The van der Waals surface area contributed by atoms with Gasteiger partial charge >= 0.3 is 5.97 Å². The number of ether oxygens (including phenoxy) is 1. The van der Waals surface area contributed by atoms with E-state index in [9.17, 15) is 9.90 Å². The predicted molar refractivity (Wildman–Crippen MR) is 120 cm³/mol. The van der Waals surface area contributed by atoms with Crippen LogP contribution in [0.1, 0.15) is 67.1 Å². The number of aliphatic hydroxyl groups excluding tert-OH is 1. The fourth-order valence-electron chi connectivity index (χ4n) is 3.72. The van der Waals surface area contributed by atoms with E-state index in [1.807, 2.05) is 41.8 Å². The molecule has 3 aromatic rings. The zero-order valence-corrected chi connectivity index (χ0v) is 19.0. The van der Waals surface area contributed by atoms with Gasteiger partial charge < -0.3 is 14.8 Å².